The number of hydrogen-bond donors (Lipinski definition) is 0. The molecule has 0 amide bonds. The molecule has 0 atom stereocenters. The summed E-state index contributed by atoms with van der Waals surface area (Å²) in [4.78, 5) is 10.2. The normalized spacial score (nSPS) is 11.4. The van der Waals surface area contributed by atoms with Gasteiger partial charge < -0.3 is 0 Å². The number of pyridine rings is 2. The molecule has 4 heterocycles. The van der Waals surface area contributed by atoms with Crippen molar-refractivity contribution in [1.29, 1.82) is 0 Å². The Morgan fingerprint density at radius 3 is 1.31 bits per heavy atom. The molecule has 0 fully saturated rings. The van der Waals surface area contributed by atoms with E-state index in [4.69, 9.17) is 9.97 Å². The van der Waals surface area contributed by atoms with Crippen molar-refractivity contribution in [3.8, 4) is 33.9 Å². The molecule has 154 valence electrons. The zero-order valence-corrected chi connectivity index (χ0v) is 18.0. The highest BCUT2D eigenvalue weighted by atomic mass is 15.1. The number of aromatic nitrogens is 4. The number of hydrogen-bond acceptors (Lipinski definition) is 2. The van der Waals surface area contributed by atoms with Gasteiger partial charge in [0.15, 0.2) is 0 Å². The van der Waals surface area contributed by atoms with Crippen LogP contribution in [0.5, 0.6) is 0 Å². The number of fused-ring (bicyclic) bond motifs is 2. The molecule has 32 heavy (non-hydrogen) atoms. The molecule has 2 aromatic carbocycles. The van der Waals surface area contributed by atoms with E-state index in [0.717, 1.165) is 56.3 Å². The lowest BCUT2D eigenvalue weighted by Crippen LogP contribution is -1.96. The average molecular weight is 415 g/mol. The van der Waals surface area contributed by atoms with Crippen LogP contribution in [-0.4, -0.2) is 18.8 Å². The van der Waals surface area contributed by atoms with Crippen LogP contribution < -0.4 is 0 Å². The van der Waals surface area contributed by atoms with Gasteiger partial charge in [-0.2, -0.15) is 0 Å². The Kier molecular flexibility index (Phi) is 4.18. The van der Waals surface area contributed by atoms with Crippen molar-refractivity contribution >= 4 is 11.3 Å². The highest BCUT2D eigenvalue weighted by Crippen LogP contribution is 2.39. The Bertz CT molecular complexity index is 1450. The van der Waals surface area contributed by atoms with Crippen molar-refractivity contribution in [1.82, 2.24) is 18.8 Å². The van der Waals surface area contributed by atoms with Crippen LogP contribution >= 0.6 is 0 Å². The minimum atomic E-state index is 0.959. The fourth-order valence-corrected chi connectivity index (χ4v) is 4.46. The summed E-state index contributed by atoms with van der Waals surface area (Å²) in [6.07, 6.45) is 4.20. The molecule has 0 spiro atoms. The summed E-state index contributed by atoms with van der Waals surface area (Å²) in [6.45, 7) is 4.22. The highest BCUT2D eigenvalue weighted by Gasteiger charge is 2.24. The van der Waals surface area contributed by atoms with E-state index in [9.17, 15) is 0 Å². The van der Waals surface area contributed by atoms with E-state index in [1.165, 1.54) is 0 Å². The molecule has 0 aliphatic rings. The molecule has 6 rings (SSSR count). The number of rotatable bonds is 3. The van der Waals surface area contributed by atoms with Crippen LogP contribution in [0.1, 0.15) is 11.1 Å². The van der Waals surface area contributed by atoms with Gasteiger partial charge >= 0.3 is 0 Å². The summed E-state index contributed by atoms with van der Waals surface area (Å²) >= 11 is 0. The van der Waals surface area contributed by atoms with Crippen molar-refractivity contribution in [2.45, 2.75) is 13.8 Å². The van der Waals surface area contributed by atoms with Crippen LogP contribution in [0.15, 0.2) is 97.3 Å². The molecule has 0 saturated heterocycles. The van der Waals surface area contributed by atoms with Crippen LogP contribution in [-0.2, 0) is 0 Å². The van der Waals surface area contributed by atoms with Gasteiger partial charge in [0.2, 0.25) is 0 Å². The number of imidazole rings is 2. The maximum absolute atomic E-state index is 5.12. The number of aryl methyl sites for hydroxylation is 2. The van der Waals surface area contributed by atoms with Crippen LogP contribution in [0.3, 0.4) is 0 Å². The Hall–Kier alpha value is -4.18. The van der Waals surface area contributed by atoms with Crippen molar-refractivity contribution < 1.29 is 0 Å². The van der Waals surface area contributed by atoms with E-state index in [1.807, 2.05) is 12.1 Å². The third kappa shape index (κ3) is 2.77. The molecule has 0 N–H and O–H groups in total. The Morgan fingerprint density at radius 1 is 0.500 bits per heavy atom. The van der Waals surface area contributed by atoms with Gasteiger partial charge in [-0.3, -0.25) is 8.80 Å². The lowest BCUT2D eigenvalue weighted by molar-refractivity contribution is 1.12. The maximum atomic E-state index is 5.12. The molecule has 0 aliphatic carbocycles. The summed E-state index contributed by atoms with van der Waals surface area (Å²) in [5.74, 6) is 0. The fraction of sp³-hybridized carbons (Fsp3) is 0.0714. The van der Waals surface area contributed by atoms with E-state index in [-0.39, 0.29) is 0 Å². The van der Waals surface area contributed by atoms with Crippen molar-refractivity contribution in [2.75, 3.05) is 0 Å². The molecule has 6 aromatic rings. The smallest absolute Gasteiger partial charge is 0.140 e. The van der Waals surface area contributed by atoms with E-state index in [1.54, 1.807) is 0 Å². The van der Waals surface area contributed by atoms with Crippen LogP contribution in [0.2, 0.25) is 0 Å². The van der Waals surface area contributed by atoms with Crippen LogP contribution in [0.25, 0.3) is 45.2 Å². The number of benzene rings is 2. The Balaban J connectivity index is 1.80. The quantitative estimate of drug-likeness (QED) is 0.327. The standard InChI is InChI=1S/C28H22N4/c1-19-11-9-17-31-25(23(29-27(19)31)21-13-5-3-6-14-21)26-24(22-15-7-4-8-16-22)30-28-20(2)12-10-18-32(26)28/h3-18H,1-2H3. The van der Waals surface area contributed by atoms with E-state index in [2.05, 4.69) is 108 Å². The highest BCUT2D eigenvalue weighted by molar-refractivity contribution is 5.90. The van der Waals surface area contributed by atoms with Gasteiger partial charge in [-0.25, -0.2) is 9.97 Å². The van der Waals surface area contributed by atoms with Gasteiger partial charge in [-0.05, 0) is 37.1 Å². The second-order valence-electron chi connectivity index (χ2n) is 8.12. The molecular weight excluding hydrogens is 392 g/mol. The zero-order chi connectivity index (χ0) is 21.7. The third-order valence-electron chi connectivity index (χ3n) is 6.01. The first-order valence-electron chi connectivity index (χ1n) is 10.8. The first-order chi connectivity index (χ1) is 15.7. The van der Waals surface area contributed by atoms with Crippen LogP contribution in [0.4, 0.5) is 0 Å². The van der Waals surface area contributed by atoms with Crippen molar-refractivity contribution in [2.24, 2.45) is 0 Å². The summed E-state index contributed by atoms with van der Waals surface area (Å²) in [7, 11) is 0. The minimum Gasteiger partial charge on any atom is -0.297 e. The molecule has 4 aromatic heterocycles. The second kappa shape index (κ2) is 7.20. The molecule has 0 aliphatic heterocycles. The molecule has 4 nitrogen and oxygen atoms in total. The predicted molar refractivity (Wildman–Crippen MR) is 130 cm³/mol. The second-order valence-corrected chi connectivity index (χ2v) is 8.12. The summed E-state index contributed by atoms with van der Waals surface area (Å²) < 4.78 is 4.41. The first-order valence-corrected chi connectivity index (χ1v) is 10.8. The van der Waals surface area contributed by atoms with Crippen LogP contribution in [0, 0.1) is 13.8 Å². The lowest BCUT2D eigenvalue weighted by Gasteiger charge is -2.09. The zero-order valence-electron chi connectivity index (χ0n) is 18.0. The number of nitrogens with zero attached hydrogens (tertiary/aromatic N) is 4. The topological polar surface area (TPSA) is 34.6 Å². The predicted octanol–water partition coefficient (Wildman–Crippen LogP) is 6.60. The lowest BCUT2D eigenvalue weighted by atomic mass is 10.0. The summed E-state index contributed by atoms with van der Waals surface area (Å²) in [5.41, 5.74) is 10.4. The van der Waals surface area contributed by atoms with Gasteiger partial charge in [-0.1, -0.05) is 72.8 Å². The van der Waals surface area contributed by atoms with E-state index >= 15 is 0 Å². The van der Waals surface area contributed by atoms with Crippen molar-refractivity contribution in [3.63, 3.8) is 0 Å². The first kappa shape index (κ1) is 18.6. The van der Waals surface area contributed by atoms with E-state index in [0.29, 0.717) is 0 Å². The van der Waals surface area contributed by atoms with Gasteiger partial charge in [0.05, 0.1) is 22.8 Å². The molecule has 0 saturated carbocycles. The van der Waals surface area contributed by atoms with Gasteiger partial charge in [0.25, 0.3) is 0 Å². The molecule has 4 heteroatoms. The Labute approximate surface area is 186 Å². The Morgan fingerprint density at radius 2 is 0.906 bits per heavy atom. The monoisotopic (exact) mass is 414 g/mol. The third-order valence-corrected chi connectivity index (χ3v) is 6.01. The molecule has 0 radical (unpaired) electrons. The maximum Gasteiger partial charge on any atom is 0.140 e. The summed E-state index contributed by atoms with van der Waals surface area (Å²) in [5, 5.41) is 0. The average Bonchev–Trinajstić information content (AvgIpc) is 3.40. The SMILES string of the molecule is Cc1cccn2c(-c3c(-c4ccccc4)nc4c(C)cccn34)c(-c3ccccc3)nc12. The van der Waals surface area contributed by atoms with Gasteiger partial charge in [-0.15, -0.1) is 0 Å². The van der Waals surface area contributed by atoms with Gasteiger partial charge in [0, 0.05) is 23.5 Å². The fourth-order valence-electron chi connectivity index (χ4n) is 4.46. The molecular formula is C28H22N4. The van der Waals surface area contributed by atoms with Crippen molar-refractivity contribution in [3.05, 3.63) is 108 Å². The largest absolute Gasteiger partial charge is 0.297 e. The molecule has 0 unspecified atom stereocenters. The van der Waals surface area contributed by atoms with E-state index < -0.39 is 0 Å². The minimum absolute atomic E-state index is 0.959. The summed E-state index contributed by atoms with van der Waals surface area (Å²) in [6, 6.07) is 29.2. The molecule has 0 bridgehead atoms. The van der Waals surface area contributed by atoms with Gasteiger partial charge in [0.1, 0.15) is 11.3 Å².